The smallest absolute Gasteiger partial charge is 0.365 e. The molecule has 0 aliphatic rings. The molecule has 2 aromatic heterocycles. The van der Waals surface area contributed by atoms with Crippen molar-refractivity contribution < 1.29 is 35.5 Å². The van der Waals surface area contributed by atoms with Crippen LogP contribution in [-0.4, -0.2) is 32.2 Å². The molecule has 1 amide bonds. The van der Waals surface area contributed by atoms with Crippen LogP contribution in [0.2, 0.25) is 0 Å². The lowest BCUT2D eigenvalue weighted by Gasteiger charge is -2.14. The first-order valence-electron chi connectivity index (χ1n) is 10.6. The Hall–Kier alpha value is -4.23. The van der Waals surface area contributed by atoms with Crippen LogP contribution in [0.5, 0.6) is 0 Å². The number of hydrogen-bond donors (Lipinski definition) is 2. The molecule has 4 rings (SSSR count). The molecule has 37 heavy (non-hydrogen) atoms. The maximum absolute atomic E-state index is 13.1. The van der Waals surface area contributed by atoms with E-state index in [4.69, 9.17) is 0 Å². The molecular formula is C23H17F7N6O. The van der Waals surface area contributed by atoms with Gasteiger partial charge >= 0.3 is 12.4 Å². The molecule has 2 N–H and O–H groups in total. The van der Waals surface area contributed by atoms with Gasteiger partial charge in [0.2, 0.25) is 0 Å². The highest BCUT2D eigenvalue weighted by Gasteiger charge is 2.37. The third-order valence-electron chi connectivity index (χ3n) is 5.27. The highest BCUT2D eigenvalue weighted by molar-refractivity contribution is 5.94. The highest BCUT2D eigenvalue weighted by atomic mass is 19.4. The number of hydrogen-bond acceptors (Lipinski definition) is 5. The zero-order valence-electron chi connectivity index (χ0n) is 18.7. The molecule has 0 unspecified atom stereocenters. The molecule has 0 saturated carbocycles. The van der Waals surface area contributed by atoms with Crippen molar-refractivity contribution in [2.75, 3.05) is 11.9 Å². The second-order valence-electron chi connectivity index (χ2n) is 7.86. The predicted molar refractivity (Wildman–Crippen MR) is 118 cm³/mol. The van der Waals surface area contributed by atoms with Gasteiger partial charge in [-0.25, -0.2) is 19.0 Å². The zero-order valence-corrected chi connectivity index (χ0v) is 18.7. The molecule has 14 heteroatoms. The van der Waals surface area contributed by atoms with Crippen LogP contribution in [0.3, 0.4) is 0 Å². The minimum absolute atomic E-state index is 0.0226. The fourth-order valence-electron chi connectivity index (χ4n) is 3.45. The van der Waals surface area contributed by atoms with Crippen molar-refractivity contribution in [3.05, 3.63) is 83.1 Å². The molecule has 0 fully saturated rings. The molecule has 0 aliphatic heterocycles. The molecule has 7 nitrogen and oxygen atoms in total. The molecule has 0 atom stereocenters. The summed E-state index contributed by atoms with van der Waals surface area (Å²) >= 11 is 0. The first kappa shape index (κ1) is 25.9. The van der Waals surface area contributed by atoms with Crippen LogP contribution in [0.1, 0.15) is 27.0 Å². The van der Waals surface area contributed by atoms with Crippen LogP contribution in [0.15, 0.2) is 55.0 Å². The Morgan fingerprint density at radius 1 is 0.919 bits per heavy atom. The number of aromatic nitrogens is 4. The molecular weight excluding hydrogens is 509 g/mol. The fraction of sp³-hybridized carbons (Fsp3) is 0.217. The second kappa shape index (κ2) is 10.0. The summed E-state index contributed by atoms with van der Waals surface area (Å²) in [6.45, 7) is 0.203. The van der Waals surface area contributed by atoms with Crippen molar-refractivity contribution in [1.82, 2.24) is 25.1 Å². The van der Waals surface area contributed by atoms with Gasteiger partial charge in [-0.15, -0.1) is 0 Å². The van der Waals surface area contributed by atoms with Gasteiger partial charge in [0.15, 0.2) is 5.65 Å². The molecule has 0 radical (unpaired) electrons. The van der Waals surface area contributed by atoms with Crippen molar-refractivity contribution in [3.63, 3.8) is 0 Å². The summed E-state index contributed by atoms with van der Waals surface area (Å²) < 4.78 is 92.7. The van der Waals surface area contributed by atoms with Crippen molar-refractivity contribution in [3.8, 4) is 0 Å². The number of fused-ring (bicyclic) bond motifs is 1. The normalized spacial score (nSPS) is 12.1. The van der Waals surface area contributed by atoms with Crippen LogP contribution in [0.25, 0.3) is 11.0 Å². The van der Waals surface area contributed by atoms with E-state index in [1.54, 1.807) is 12.1 Å². The van der Waals surface area contributed by atoms with Gasteiger partial charge in [-0.1, -0.05) is 12.1 Å². The topological polar surface area (TPSA) is 84.7 Å². The quantitative estimate of drug-likeness (QED) is 0.330. The molecule has 0 spiro atoms. The van der Waals surface area contributed by atoms with E-state index in [0.29, 0.717) is 35.5 Å². The number of nitrogens with one attached hydrogen (secondary N) is 2. The SMILES string of the molecule is O=C(NCCn1ncc2c(NCc3ccc(F)cc3)ncnc21)c1cc(C(F)(F)F)cc(C(F)(F)F)c1. The molecule has 194 valence electrons. The number of amides is 1. The predicted octanol–water partition coefficient (Wildman–Crippen LogP) is 5.05. The molecule has 2 heterocycles. The summed E-state index contributed by atoms with van der Waals surface area (Å²) in [6.07, 6.45) is -7.39. The standard InChI is InChI=1S/C23H17F7N6O/c24-17-3-1-13(2-4-17)10-32-19-18-11-35-36(20(18)34-12-33-19)6-5-31-21(37)14-7-15(22(25,26)27)9-16(8-14)23(28,29)30/h1-4,7-9,11-12H,5-6,10H2,(H,31,37)(H,32,33,34). The van der Waals surface area contributed by atoms with E-state index in [1.807, 2.05) is 0 Å². The monoisotopic (exact) mass is 526 g/mol. The van der Waals surface area contributed by atoms with E-state index >= 15 is 0 Å². The Morgan fingerprint density at radius 3 is 2.19 bits per heavy atom. The fourth-order valence-corrected chi connectivity index (χ4v) is 3.45. The molecule has 4 aromatic rings. The zero-order chi connectivity index (χ0) is 26.8. The Labute approximate surface area is 204 Å². The summed E-state index contributed by atoms with van der Waals surface area (Å²) in [4.78, 5) is 20.6. The van der Waals surface area contributed by atoms with E-state index in [2.05, 4.69) is 25.7 Å². The third kappa shape index (κ3) is 6.13. The number of anilines is 1. The van der Waals surface area contributed by atoms with Crippen molar-refractivity contribution >= 4 is 22.8 Å². The van der Waals surface area contributed by atoms with Crippen LogP contribution < -0.4 is 10.6 Å². The number of alkyl halides is 6. The Kier molecular flexibility index (Phi) is 7.01. The summed E-state index contributed by atoms with van der Waals surface area (Å²) in [7, 11) is 0. The van der Waals surface area contributed by atoms with Gasteiger partial charge in [0.1, 0.15) is 18.0 Å². The lowest BCUT2D eigenvalue weighted by molar-refractivity contribution is -0.143. The van der Waals surface area contributed by atoms with Crippen molar-refractivity contribution in [1.29, 1.82) is 0 Å². The van der Waals surface area contributed by atoms with Gasteiger partial charge in [0.05, 0.1) is 29.3 Å². The van der Waals surface area contributed by atoms with Gasteiger partial charge in [0.25, 0.3) is 5.91 Å². The van der Waals surface area contributed by atoms with E-state index in [0.717, 1.165) is 5.56 Å². The van der Waals surface area contributed by atoms with Crippen LogP contribution in [-0.2, 0) is 25.4 Å². The summed E-state index contributed by atoms with van der Waals surface area (Å²) in [5.74, 6) is -1.03. The van der Waals surface area contributed by atoms with Gasteiger partial charge in [0, 0.05) is 18.7 Å². The lowest BCUT2D eigenvalue weighted by atomic mass is 10.0. The van der Waals surface area contributed by atoms with Crippen molar-refractivity contribution in [2.45, 2.75) is 25.4 Å². The number of rotatable bonds is 7. The van der Waals surface area contributed by atoms with E-state index in [9.17, 15) is 35.5 Å². The largest absolute Gasteiger partial charge is 0.416 e. The Morgan fingerprint density at radius 2 is 1.57 bits per heavy atom. The maximum Gasteiger partial charge on any atom is 0.416 e. The van der Waals surface area contributed by atoms with Gasteiger partial charge < -0.3 is 10.6 Å². The third-order valence-corrected chi connectivity index (χ3v) is 5.27. The minimum Gasteiger partial charge on any atom is -0.365 e. The number of halogens is 7. The molecule has 0 aliphatic carbocycles. The van der Waals surface area contributed by atoms with Crippen LogP contribution in [0.4, 0.5) is 36.6 Å². The van der Waals surface area contributed by atoms with Crippen LogP contribution >= 0.6 is 0 Å². The first-order valence-corrected chi connectivity index (χ1v) is 10.6. The molecule has 0 saturated heterocycles. The lowest BCUT2D eigenvalue weighted by Crippen LogP contribution is -2.28. The summed E-state index contributed by atoms with van der Waals surface area (Å²) in [5, 5.41) is 10.1. The second-order valence-corrected chi connectivity index (χ2v) is 7.86. The van der Waals surface area contributed by atoms with Gasteiger partial charge in [-0.3, -0.25) is 4.79 Å². The number of nitrogens with zero attached hydrogens (tertiary/aromatic N) is 4. The van der Waals surface area contributed by atoms with Crippen LogP contribution in [0, 0.1) is 5.82 Å². The Balaban J connectivity index is 1.44. The Bertz CT molecular complexity index is 1380. The minimum atomic E-state index is -5.06. The average Bonchev–Trinajstić information content (AvgIpc) is 3.26. The van der Waals surface area contributed by atoms with Gasteiger partial charge in [-0.05, 0) is 35.9 Å². The van der Waals surface area contributed by atoms with Crippen molar-refractivity contribution in [2.24, 2.45) is 0 Å². The average molecular weight is 526 g/mol. The van der Waals surface area contributed by atoms with E-state index < -0.39 is 35.0 Å². The summed E-state index contributed by atoms with van der Waals surface area (Å²) in [5.41, 5.74) is -2.76. The maximum atomic E-state index is 13.1. The number of carbonyl (C=O) groups excluding carboxylic acids is 1. The molecule has 2 aromatic carbocycles. The van der Waals surface area contributed by atoms with Gasteiger partial charge in [-0.2, -0.15) is 31.4 Å². The highest BCUT2D eigenvalue weighted by Crippen LogP contribution is 2.36. The number of benzene rings is 2. The summed E-state index contributed by atoms with van der Waals surface area (Å²) in [6, 6.07) is 6.53. The first-order chi connectivity index (χ1) is 17.4. The van der Waals surface area contributed by atoms with E-state index in [-0.39, 0.29) is 25.0 Å². The number of carbonyl (C=O) groups is 1. The van der Waals surface area contributed by atoms with E-state index in [1.165, 1.54) is 29.3 Å². The molecule has 0 bridgehead atoms.